The summed E-state index contributed by atoms with van der Waals surface area (Å²) in [7, 11) is 9.69. The Morgan fingerprint density at radius 1 is 0.838 bits per heavy atom. The first-order valence-corrected chi connectivity index (χ1v) is 12.3. The lowest BCUT2D eigenvalue weighted by Crippen LogP contribution is -2.32. The average Bonchev–Trinajstić information content (AvgIpc) is 3.44. The fourth-order valence-electron chi connectivity index (χ4n) is 4.37. The Balaban J connectivity index is 1.47. The highest BCUT2D eigenvalue weighted by atomic mass is 16.6. The fourth-order valence-corrected chi connectivity index (χ4v) is 4.37. The molecule has 1 amide bonds. The number of likely N-dealkylation sites (N-methyl/N-ethyl adjacent to an activating group) is 2. The molecule has 0 aliphatic rings. The summed E-state index contributed by atoms with van der Waals surface area (Å²) in [6, 6.07) is 13.0. The first kappa shape index (κ1) is 26.2. The van der Waals surface area contributed by atoms with Crippen molar-refractivity contribution in [2.24, 2.45) is 0 Å². The Bertz CT molecular complexity index is 1400. The van der Waals surface area contributed by atoms with Crippen LogP contribution >= 0.6 is 0 Å². The minimum atomic E-state index is -0.540. The van der Waals surface area contributed by atoms with Crippen LogP contribution in [-0.4, -0.2) is 86.2 Å². The number of carbonyl (C=O) groups excluding carboxylic acids is 2. The molecule has 2 aromatic heterocycles. The van der Waals surface area contributed by atoms with Gasteiger partial charge in [-0.1, -0.05) is 18.2 Å². The smallest absolute Gasteiger partial charge is 0.420 e. The number of ether oxygens (including phenoxy) is 2. The molecule has 0 fully saturated rings. The van der Waals surface area contributed by atoms with Crippen LogP contribution in [0.25, 0.3) is 21.8 Å². The summed E-state index contributed by atoms with van der Waals surface area (Å²) in [4.78, 5) is 30.2. The zero-order valence-corrected chi connectivity index (χ0v) is 22.2. The van der Waals surface area contributed by atoms with E-state index < -0.39 is 6.09 Å². The lowest BCUT2D eigenvalue weighted by atomic mass is 10.1. The van der Waals surface area contributed by atoms with Crippen LogP contribution in [0.5, 0.6) is 5.75 Å². The van der Waals surface area contributed by atoms with E-state index in [2.05, 4.69) is 15.1 Å². The second kappa shape index (κ2) is 11.5. The molecule has 0 saturated heterocycles. The lowest BCUT2D eigenvalue weighted by Gasteiger charge is -2.09. The van der Waals surface area contributed by atoms with E-state index in [0.29, 0.717) is 0 Å². The van der Waals surface area contributed by atoms with Gasteiger partial charge in [0.15, 0.2) is 6.73 Å². The highest BCUT2D eigenvalue weighted by Gasteiger charge is 2.17. The van der Waals surface area contributed by atoms with Gasteiger partial charge in [0.25, 0.3) is 0 Å². The maximum atomic E-state index is 13.1. The van der Waals surface area contributed by atoms with Crippen molar-refractivity contribution in [3.8, 4) is 5.75 Å². The summed E-state index contributed by atoms with van der Waals surface area (Å²) in [5.41, 5.74) is 3.66. The summed E-state index contributed by atoms with van der Waals surface area (Å²) in [5.74, 6) is 0.731. The summed E-state index contributed by atoms with van der Waals surface area (Å²) in [6.45, 7) is 1.46. The van der Waals surface area contributed by atoms with Gasteiger partial charge in [-0.15, -0.1) is 0 Å². The Kier molecular flexibility index (Phi) is 8.15. The van der Waals surface area contributed by atoms with Crippen LogP contribution < -0.4 is 10.1 Å². The van der Waals surface area contributed by atoms with Gasteiger partial charge in [-0.3, -0.25) is 9.13 Å². The summed E-state index contributed by atoms with van der Waals surface area (Å²) in [5, 5.41) is 4.69. The Hall–Kier alpha value is -3.82. The molecule has 0 unspecified atom stereocenters. The molecule has 4 rings (SSSR count). The third kappa shape index (κ3) is 5.95. The molecule has 0 aliphatic carbocycles. The van der Waals surface area contributed by atoms with Crippen molar-refractivity contribution in [1.82, 2.24) is 24.3 Å². The van der Waals surface area contributed by atoms with E-state index in [-0.39, 0.29) is 12.8 Å². The van der Waals surface area contributed by atoms with Crippen LogP contribution in [0, 0.1) is 0 Å². The van der Waals surface area contributed by atoms with E-state index in [4.69, 9.17) is 9.47 Å². The van der Waals surface area contributed by atoms with Gasteiger partial charge in [0.2, 0.25) is 0 Å². The van der Waals surface area contributed by atoms with E-state index in [0.717, 1.165) is 64.6 Å². The molecule has 1 N–H and O–H groups in total. The number of para-hydroxylation sites is 1. The van der Waals surface area contributed by atoms with Crippen LogP contribution in [0.3, 0.4) is 0 Å². The number of nitrogens with one attached hydrogen (secondary N) is 1. The number of aromatic nitrogens is 2. The molecule has 9 nitrogen and oxygen atoms in total. The summed E-state index contributed by atoms with van der Waals surface area (Å²) >= 11 is 0. The monoisotopic (exact) mass is 505 g/mol. The minimum absolute atomic E-state index is 0.250. The number of carbonyl (C=O) groups is 2. The number of hydrogen-bond donors (Lipinski definition) is 1. The van der Waals surface area contributed by atoms with Gasteiger partial charge in [0, 0.05) is 36.3 Å². The van der Waals surface area contributed by atoms with Crippen molar-refractivity contribution in [2.75, 3.05) is 55.1 Å². The third-order valence-corrected chi connectivity index (χ3v) is 6.38. The maximum absolute atomic E-state index is 13.1. The molecule has 0 atom stereocenters. The van der Waals surface area contributed by atoms with Gasteiger partial charge >= 0.3 is 12.1 Å². The van der Waals surface area contributed by atoms with Crippen LogP contribution in [0.4, 0.5) is 9.59 Å². The third-order valence-electron chi connectivity index (χ3n) is 6.38. The van der Waals surface area contributed by atoms with Crippen molar-refractivity contribution >= 4 is 33.9 Å². The Morgan fingerprint density at radius 3 is 2.14 bits per heavy atom. The predicted octanol–water partition coefficient (Wildman–Crippen LogP) is 4.01. The van der Waals surface area contributed by atoms with Gasteiger partial charge < -0.3 is 24.6 Å². The Morgan fingerprint density at radius 2 is 1.46 bits per heavy atom. The number of amides is 1. The van der Waals surface area contributed by atoms with Gasteiger partial charge in [-0.05, 0) is 76.4 Å². The van der Waals surface area contributed by atoms with Gasteiger partial charge in [-0.25, -0.2) is 9.59 Å². The van der Waals surface area contributed by atoms with Crippen LogP contribution in [0.15, 0.2) is 54.9 Å². The second-order valence-electron chi connectivity index (χ2n) is 9.59. The highest BCUT2D eigenvalue weighted by Crippen LogP contribution is 2.27. The number of hydrogen-bond acceptors (Lipinski definition) is 6. The molecule has 0 bridgehead atoms. The van der Waals surface area contributed by atoms with E-state index >= 15 is 0 Å². The Labute approximate surface area is 217 Å². The van der Waals surface area contributed by atoms with Crippen molar-refractivity contribution in [3.05, 3.63) is 66.0 Å². The molecule has 2 heterocycles. The number of fused-ring (bicyclic) bond motifs is 2. The molecule has 196 valence electrons. The second-order valence-corrected chi connectivity index (χ2v) is 9.59. The number of nitrogens with zero attached hydrogens (tertiary/aromatic N) is 4. The number of benzene rings is 2. The van der Waals surface area contributed by atoms with E-state index in [9.17, 15) is 9.59 Å². The topological polar surface area (TPSA) is 81.0 Å². The van der Waals surface area contributed by atoms with E-state index in [1.807, 2.05) is 83.0 Å². The van der Waals surface area contributed by atoms with Crippen LogP contribution in [0.1, 0.15) is 11.1 Å². The van der Waals surface area contributed by atoms with Crippen molar-refractivity contribution < 1.29 is 19.1 Å². The molecule has 4 aromatic rings. The minimum Gasteiger partial charge on any atom is -0.497 e. The first-order chi connectivity index (χ1) is 17.8. The molecule has 9 heteroatoms. The maximum Gasteiger partial charge on any atom is 0.420 e. The van der Waals surface area contributed by atoms with E-state index in [1.54, 1.807) is 11.7 Å². The first-order valence-electron chi connectivity index (χ1n) is 12.3. The summed E-state index contributed by atoms with van der Waals surface area (Å²) in [6.07, 6.45) is 4.71. The molecule has 0 radical (unpaired) electrons. The normalized spacial score (nSPS) is 11.5. The largest absolute Gasteiger partial charge is 0.497 e. The van der Waals surface area contributed by atoms with Gasteiger partial charge in [-0.2, -0.15) is 0 Å². The zero-order chi connectivity index (χ0) is 26.5. The number of methoxy groups -OCH3 is 1. The average molecular weight is 506 g/mol. The molecule has 0 aliphatic heterocycles. The van der Waals surface area contributed by atoms with Crippen molar-refractivity contribution in [3.63, 3.8) is 0 Å². The van der Waals surface area contributed by atoms with Crippen LogP contribution in [-0.2, 0) is 17.6 Å². The molecule has 0 saturated carbocycles. The summed E-state index contributed by atoms with van der Waals surface area (Å²) < 4.78 is 13.9. The van der Waals surface area contributed by atoms with Gasteiger partial charge in [0.1, 0.15) is 5.75 Å². The molecule has 37 heavy (non-hydrogen) atoms. The zero-order valence-electron chi connectivity index (χ0n) is 22.2. The highest BCUT2D eigenvalue weighted by molar-refractivity contribution is 5.95. The van der Waals surface area contributed by atoms with Gasteiger partial charge in [0.05, 0.1) is 18.1 Å². The van der Waals surface area contributed by atoms with E-state index in [1.165, 1.54) is 4.57 Å². The standard InChI is InChI=1S/C28H35N5O4/c1-30(2)14-12-20-18-33(25-9-7-6-8-23(20)25)28(35)37-19-29-27(34)32-17-21(13-15-31(3)4)24-16-22(36-5)10-11-26(24)32/h6-11,16-18H,12-15,19H2,1-5H3,(H,29,34). The predicted molar refractivity (Wildman–Crippen MR) is 146 cm³/mol. The fraction of sp³-hybridized carbons (Fsp3) is 0.357. The molecule has 0 spiro atoms. The van der Waals surface area contributed by atoms with Crippen LogP contribution in [0.2, 0.25) is 0 Å². The van der Waals surface area contributed by atoms with Crippen molar-refractivity contribution in [1.29, 1.82) is 0 Å². The molecular formula is C28H35N5O4. The lowest BCUT2D eigenvalue weighted by molar-refractivity contribution is 0.141. The van der Waals surface area contributed by atoms with Crippen molar-refractivity contribution in [2.45, 2.75) is 12.8 Å². The quantitative estimate of drug-likeness (QED) is 0.346. The SMILES string of the molecule is COc1ccc2c(c1)c(CCN(C)C)cn2C(=O)NCOC(=O)n1cc(CCN(C)C)c2ccccc21. The molecule has 2 aromatic carbocycles. The number of rotatable bonds is 9. The molecular weight excluding hydrogens is 470 g/mol.